The number of hydroxylamine groups is 2. The molecule has 1 aromatic carbocycles. The summed E-state index contributed by atoms with van der Waals surface area (Å²) in [5, 5.41) is 0.428. The Morgan fingerprint density at radius 3 is 2.24 bits per heavy atom. The molecule has 1 aliphatic rings. The number of carbonyl (C=O) groups excluding carboxylic acids is 3. The normalized spacial score (nSPS) is 13.1. The van der Waals surface area contributed by atoms with Crippen molar-refractivity contribution in [1.29, 1.82) is 0 Å². The molecule has 0 spiro atoms. The van der Waals surface area contributed by atoms with Gasteiger partial charge in [0.2, 0.25) is 0 Å². The van der Waals surface area contributed by atoms with Gasteiger partial charge < -0.3 is 14.1 Å². The maximum atomic E-state index is 12.3. The Labute approximate surface area is 142 Å². The fourth-order valence-corrected chi connectivity index (χ4v) is 2.40. The highest BCUT2D eigenvalue weighted by molar-refractivity contribution is 6.21. The van der Waals surface area contributed by atoms with Gasteiger partial charge in [0, 0.05) is 25.9 Å². The Balaban J connectivity index is 1.81. The summed E-state index contributed by atoms with van der Waals surface area (Å²) in [7, 11) is 1.49. The third-order valence-electron chi connectivity index (χ3n) is 3.69. The first-order valence-electron chi connectivity index (χ1n) is 7.42. The van der Waals surface area contributed by atoms with Gasteiger partial charge in [-0.05, 0) is 18.2 Å². The van der Waals surface area contributed by atoms with Gasteiger partial charge in [0.25, 0.3) is 17.4 Å². The van der Waals surface area contributed by atoms with E-state index in [1.165, 1.54) is 42.1 Å². The first-order chi connectivity index (χ1) is 12.0. The summed E-state index contributed by atoms with van der Waals surface area (Å²) in [4.78, 5) is 53.3. The Morgan fingerprint density at radius 1 is 1.00 bits per heavy atom. The molecule has 2 heterocycles. The standard InChI is InChI=1S/C17H14N2O6/c1-24-9-8-18-10-11(6-7-14(18)20)17(23)25-19-15(21)12-4-2-3-5-13(12)16(19)22/h2-7,10H,8-9H2,1H3. The Kier molecular flexibility index (Phi) is 4.44. The van der Waals surface area contributed by atoms with Crippen molar-refractivity contribution in [3.63, 3.8) is 0 Å². The number of methoxy groups -OCH3 is 1. The third kappa shape index (κ3) is 3.07. The van der Waals surface area contributed by atoms with Crippen LogP contribution in [0.2, 0.25) is 0 Å². The third-order valence-corrected chi connectivity index (χ3v) is 3.69. The van der Waals surface area contributed by atoms with E-state index in [0.29, 0.717) is 5.06 Å². The molecule has 0 N–H and O–H groups in total. The highest BCUT2D eigenvalue weighted by Gasteiger charge is 2.38. The lowest BCUT2D eigenvalue weighted by atomic mass is 10.1. The highest BCUT2D eigenvalue weighted by atomic mass is 16.7. The van der Waals surface area contributed by atoms with Crippen LogP contribution in [0.5, 0.6) is 0 Å². The second-order valence-electron chi connectivity index (χ2n) is 5.27. The van der Waals surface area contributed by atoms with E-state index in [9.17, 15) is 19.2 Å². The number of imide groups is 1. The summed E-state index contributed by atoms with van der Waals surface area (Å²) in [5.74, 6) is -2.33. The molecule has 0 fully saturated rings. The molecule has 2 amide bonds. The number of rotatable bonds is 5. The molecular weight excluding hydrogens is 328 g/mol. The van der Waals surface area contributed by atoms with Crippen LogP contribution >= 0.6 is 0 Å². The molecule has 2 aromatic rings. The zero-order chi connectivity index (χ0) is 18.0. The number of hydrogen-bond acceptors (Lipinski definition) is 6. The van der Waals surface area contributed by atoms with Gasteiger partial charge in [-0.1, -0.05) is 17.2 Å². The second kappa shape index (κ2) is 6.70. The van der Waals surface area contributed by atoms with Gasteiger partial charge in [-0.3, -0.25) is 14.4 Å². The van der Waals surface area contributed by atoms with E-state index in [1.807, 2.05) is 0 Å². The number of pyridine rings is 1. The first kappa shape index (κ1) is 16.6. The summed E-state index contributed by atoms with van der Waals surface area (Å²) in [6, 6.07) is 8.66. The Morgan fingerprint density at radius 2 is 1.64 bits per heavy atom. The minimum absolute atomic E-state index is 0.0345. The molecule has 0 saturated heterocycles. The monoisotopic (exact) mass is 342 g/mol. The van der Waals surface area contributed by atoms with E-state index >= 15 is 0 Å². The van der Waals surface area contributed by atoms with E-state index in [4.69, 9.17) is 9.57 Å². The predicted molar refractivity (Wildman–Crippen MR) is 84.9 cm³/mol. The number of nitrogens with zero attached hydrogens (tertiary/aromatic N) is 2. The SMILES string of the molecule is COCCn1cc(C(=O)ON2C(=O)c3ccccc3C2=O)ccc1=O. The van der Waals surface area contributed by atoms with Crippen molar-refractivity contribution in [2.24, 2.45) is 0 Å². The lowest BCUT2D eigenvalue weighted by Crippen LogP contribution is -2.33. The van der Waals surface area contributed by atoms with Crippen molar-refractivity contribution in [3.8, 4) is 0 Å². The van der Waals surface area contributed by atoms with Gasteiger partial charge in [-0.15, -0.1) is 0 Å². The number of benzene rings is 1. The van der Waals surface area contributed by atoms with Gasteiger partial charge in [0.1, 0.15) is 0 Å². The van der Waals surface area contributed by atoms with Gasteiger partial charge in [-0.25, -0.2) is 4.79 Å². The van der Waals surface area contributed by atoms with Crippen molar-refractivity contribution in [2.75, 3.05) is 13.7 Å². The fraction of sp³-hybridized carbons (Fsp3) is 0.176. The summed E-state index contributed by atoms with van der Waals surface area (Å²) in [6.07, 6.45) is 1.29. The minimum Gasteiger partial charge on any atom is -0.383 e. The van der Waals surface area contributed by atoms with E-state index in [0.717, 1.165) is 0 Å². The smallest absolute Gasteiger partial charge is 0.365 e. The molecule has 25 heavy (non-hydrogen) atoms. The van der Waals surface area contributed by atoms with Gasteiger partial charge in [0.15, 0.2) is 0 Å². The average Bonchev–Trinajstić information content (AvgIpc) is 2.86. The maximum absolute atomic E-state index is 12.3. The first-order valence-corrected chi connectivity index (χ1v) is 7.42. The summed E-state index contributed by atoms with van der Waals surface area (Å²) < 4.78 is 6.18. The topological polar surface area (TPSA) is 94.9 Å². The lowest BCUT2D eigenvalue weighted by Gasteiger charge is -2.13. The van der Waals surface area contributed by atoms with Crippen molar-refractivity contribution in [2.45, 2.75) is 6.54 Å². The highest BCUT2D eigenvalue weighted by Crippen LogP contribution is 2.23. The second-order valence-corrected chi connectivity index (χ2v) is 5.27. The largest absolute Gasteiger partial charge is 0.383 e. The molecule has 0 bridgehead atoms. The summed E-state index contributed by atoms with van der Waals surface area (Å²) >= 11 is 0. The number of fused-ring (bicyclic) bond motifs is 1. The minimum atomic E-state index is -0.916. The van der Waals surface area contributed by atoms with Crippen molar-refractivity contribution in [1.82, 2.24) is 9.63 Å². The van der Waals surface area contributed by atoms with Gasteiger partial charge in [0.05, 0.1) is 23.3 Å². The van der Waals surface area contributed by atoms with Crippen LogP contribution in [0.25, 0.3) is 0 Å². The molecule has 0 atom stereocenters. The van der Waals surface area contributed by atoms with Crippen LogP contribution in [-0.4, -0.2) is 41.1 Å². The molecule has 8 heteroatoms. The molecule has 1 aromatic heterocycles. The number of amides is 2. The zero-order valence-corrected chi connectivity index (χ0v) is 13.3. The van der Waals surface area contributed by atoms with E-state index < -0.39 is 17.8 Å². The summed E-state index contributed by atoms with van der Waals surface area (Å²) in [6.45, 7) is 0.542. The Bertz CT molecular complexity index is 882. The molecule has 0 radical (unpaired) electrons. The van der Waals surface area contributed by atoms with Crippen LogP contribution in [0.15, 0.2) is 47.4 Å². The van der Waals surface area contributed by atoms with Crippen molar-refractivity contribution < 1.29 is 24.0 Å². The molecule has 0 saturated carbocycles. The van der Waals surface area contributed by atoms with Crippen LogP contribution in [0.1, 0.15) is 31.1 Å². The van der Waals surface area contributed by atoms with Gasteiger partial charge >= 0.3 is 5.97 Å². The molecule has 0 unspecified atom stereocenters. The van der Waals surface area contributed by atoms with Crippen LogP contribution in [0, 0.1) is 0 Å². The Hall–Kier alpha value is -3.26. The maximum Gasteiger partial charge on any atom is 0.365 e. The number of ether oxygens (including phenoxy) is 1. The van der Waals surface area contributed by atoms with E-state index in [2.05, 4.69) is 0 Å². The lowest BCUT2D eigenvalue weighted by molar-refractivity contribution is -0.0585. The van der Waals surface area contributed by atoms with Crippen LogP contribution < -0.4 is 5.56 Å². The fourth-order valence-electron chi connectivity index (χ4n) is 2.40. The van der Waals surface area contributed by atoms with Gasteiger partial charge in [-0.2, -0.15) is 0 Å². The van der Waals surface area contributed by atoms with Crippen LogP contribution in [0.3, 0.4) is 0 Å². The van der Waals surface area contributed by atoms with Crippen LogP contribution in [-0.2, 0) is 16.1 Å². The molecule has 1 aliphatic heterocycles. The quantitative estimate of drug-likeness (QED) is 0.748. The molecule has 128 valence electrons. The molecular formula is C17H14N2O6. The summed E-state index contributed by atoms with van der Waals surface area (Å²) in [5.41, 5.74) is 0.0670. The molecule has 8 nitrogen and oxygen atoms in total. The van der Waals surface area contributed by atoms with E-state index in [1.54, 1.807) is 12.1 Å². The number of carbonyl (C=O) groups is 3. The molecule has 0 aliphatic carbocycles. The molecule has 3 rings (SSSR count). The van der Waals surface area contributed by atoms with Crippen LogP contribution in [0.4, 0.5) is 0 Å². The predicted octanol–water partition coefficient (Wildman–Crippen LogP) is 0.863. The van der Waals surface area contributed by atoms with E-state index in [-0.39, 0.29) is 35.4 Å². The van der Waals surface area contributed by atoms with Crippen molar-refractivity contribution >= 4 is 17.8 Å². The number of hydrogen-bond donors (Lipinski definition) is 0. The zero-order valence-electron chi connectivity index (χ0n) is 13.3. The van der Waals surface area contributed by atoms with Crippen molar-refractivity contribution in [3.05, 3.63) is 69.6 Å². The average molecular weight is 342 g/mol. The number of aromatic nitrogens is 1.